The van der Waals surface area contributed by atoms with E-state index in [4.69, 9.17) is 0 Å². The van der Waals surface area contributed by atoms with Gasteiger partial charge in [-0.3, -0.25) is 0 Å². The van der Waals surface area contributed by atoms with Crippen LogP contribution in [0.15, 0.2) is 97.1 Å². The van der Waals surface area contributed by atoms with Gasteiger partial charge in [0.1, 0.15) is 0 Å². The van der Waals surface area contributed by atoms with Gasteiger partial charge < -0.3 is 0 Å². The summed E-state index contributed by atoms with van der Waals surface area (Å²) in [6, 6.07) is 36.4. The molecule has 0 aliphatic carbocycles. The summed E-state index contributed by atoms with van der Waals surface area (Å²) < 4.78 is 0. The number of alkyl halides is 1. The molecular weight excluding hydrogens is 779 g/mol. The molecule has 0 nitrogen and oxygen atoms in total. The van der Waals surface area contributed by atoms with E-state index in [1.807, 2.05) is 0 Å². The van der Waals surface area contributed by atoms with E-state index in [2.05, 4.69) is 169 Å². The lowest BCUT2D eigenvalue weighted by atomic mass is 9.99. The number of rotatable bonds is 21. The van der Waals surface area contributed by atoms with Crippen LogP contribution in [0.25, 0.3) is 22.3 Å². The third-order valence-electron chi connectivity index (χ3n) is 9.63. The minimum atomic E-state index is 0.338. The molecule has 4 aromatic carbocycles. The maximum atomic E-state index is 3.49. The Morgan fingerprint density at radius 3 is 0.962 bits per heavy atom. The molecular formula is C47H72BBrP4. The second-order valence-electron chi connectivity index (χ2n) is 14.7. The van der Waals surface area contributed by atoms with Crippen molar-refractivity contribution in [2.75, 3.05) is 44.8 Å². The summed E-state index contributed by atoms with van der Waals surface area (Å²) in [7, 11) is 4.65. The molecule has 0 N–H and O–H groups in total. The maximum absolute atomic E-state index is 3.49. The number of benzene rings is 4. The third kappa shape index (κ3) is 20.8. The molecule has 0 saturated carbocycles. The first-order valence-electron chi connectivity index (χ1n) is 20.4. The van der Waals surface area contributed by atoms with Crippen molar-refractivity contribution < 1.29 is 0 Å². The predicted octanol–water partition coefficient (Wildman–Crippen LogP) is 15.9. The normalized spacial score (nSPS) is 11.1. The van der Waals surface area contributed by atoms with E-state index in [1.165, 1.54) is 149 Å². The van der Waals surface area contributed by atoms with Gasteiger partial charge in [0.25, 0.3) is 0 Å². The lowest BCUT2D eigenvalue weighted by Crippen LogP contribution is -1.98. The van der Waals surface area contributed by atoms with Crippen LogP contribution in [0.2, 0.25) is 0 Å². The standard InChI is InChI=1S/C21H27Br.C21H29P.C5H16BP3/c2*1-2-3-4-7-18-9-13-20(14-10-18)21-15-11-19(12-16-21)8-5-6-17-22;1-7-6(8(2)3)9(4)5/h9-16H,2-8,17H2,1H3;9-16H,2-8,17,22H2,1H3;7H,1-5H3. The van der Waals surface area contributed by atoms with Crippen LogP contribution >= 0.6 is 49.2 Å². The van der Waals surface area contributed by atoms with Crippen LogP contribution in [0.1, 0.15) is 100 Å². The van der Waals surface area contributed by atoms with Crippen LogP contribution in [-0.2, 0) is 25.7 Å². The number of unbranched alkanes of at least 4 members (excludes halogenated alkanes) is 6. The molecule has 0 heterocycles. The second-order valence-corrected chi connectivity index (χ2v) is 23.5. The van der Waals surface area contributed by atoms with Crippen molar-refractivity contribution in [3.8, 4) is 22.3 Å². The Morgan fingerprint density at radius 1 is 0.472 bits per heavy atom. The van der Waals surface area contributed by atoms with Gasteiger partial charge in [-0.2, -0.15) is 0 Å². The Morgan fingerprint density at radius 2 is 0.755 bits per heavy atom. The molecule has 0 radical (unpaired) electrons. The van der Waals surface area contributed by atoms with Gasteiger partial charge in [0.05, 0.1) is 0 Å². The first kappa shape index (κ1) is 48.3. The SMILES string of the molecule is CCCCCc1ccc(-c2ccc(CCCCBr)cc2)cc1.CCCCCc1ccc(-c2ccc(CCCCP)cc2)cc1.CPB(P(C)C)P(C)C. The van der Waals surface area contributed by atoms with Gasteiger partial charge in [-0.25, -0.2) is 0 Å². The number of hydrogen-bond acceptors (Lipinski definition) is 0. The highest BCUT2D eigenvalue weighted by molar-refractivity contribution is 9.09. The lowest BCUT2D eigenvalue weighted by Gasteiger charge is -2.19. The molecule has 4 rings (SSSR count). The van der Waals surface area contributed by atoms with E-state index >= 15 is 0 Å². The smallest absolute Gasteiger partial charge is 0.148 e. The highest BCUT2D eigenvalue weighted by Crippen LogP contribution is 2.53. The van der Waals surface area contributed by atoms with Crippen LogP contribution < -0.4 is 0 Å². The van der Waals surface area contributed by atoms with Crippen LogP contribution in [0.3, 0.4) is 0 Å². The van der Waals surface area contributed by atoms with E-state index < -0.39 is 0 Å². The van der Waals surface area contributed by atoms with E-state index in [0.717, 1.165) is 11.2 Å². The fourth-order valence-electron chi connectivity index (χ4n) is 6.49. The van der Waals surface area contributed by atoms with Crippen LogP contribution in [0.5, 0.6) is 0 Å². The Bertz CT molecular complexity index is 1220. The minimum Gasteiger partial charge on any atom is -0.148 e. The zero-order valence-corrected chi connectivity index (χ0v) is 40.0. The summed E-state index contributed by atoms with van der Waals surface area (Å²) in [6.45, 7) is 16.5. The topological polar surface area (TPSA) is 0 Å². The molecule has 0 fully saturated rings. The quantitative estimate of drug-likeness (QED) is 0.0339. The van der Waals surface area contributed by atoms with E-state index in [1.54, 1.807) is 0 Å². The van der Waals surface area contributed by atoms with Crippen LogP contribution in [0.4, 0.5) is 0 Å². The molecule has 0 saturated heterocycles. The van der Waals surface area contributed by atoms with Gasteiger partial charge in [-0.15, -0.1) is 33.3 Å². The summed E-state index contributed by atoms with van der Waals surface area (Å²) >= 11 is 3.49. The predicted molar refractivity (Wildman–Crippen MR) is 262 cm³/mol. The summed E-state index contributed by atoms with van der Waals surface area (Å²) in [5.74, 6) is 1.08. The zero-order chi connectivity index (χ0) is 38.7. The van der Waals surface area contributed by atoms with E-state index in [9.17, 15) is 0 Å². The Balaban J connectivity index is 0.000000300. The van der Waals surface area contributed by atoms with E-state index in [-0.39, 0.29) is 0 Å². The van der Waals surface area contributed by atoms with Crippen LogP contribution in [0, 0.1) is 0 Å². The third-order valence-corrected chi connectivity index (χ3v) is 20.5. The first-order valence-corrected chi connectivity index (χ1v) is 28.5. The molecule has 0 bridgehead atoms. The van der Waals surface area contributed by atoms with Gasteiger partial charge >= 0.3 is 0 Å². The Labute approximate surface area is 343 Å². The molecule has 0 aliphatic heterocycles. The van der Waals surface area contributed by atoms with Crippen molar-refractivity contribution in [2.24, 2.45) is 0 Å². The molecule has 2 unspecified atom stereocenters. The monoisotopic (exact) mass is 850 g/mol. The largest absolute Gasteiger partial charge is 0.224 e. The number of halogens is 1. The molecule has 0 spiro atoms. The fraction of sp³-hybridized carbons (Fsp3) is 0.489. The summed E-state index contributed by atoms with van der Waals surface area (Å²) in [4.78, 5) is 0. The Kier molecular flexibility index (Phi) is 27.6. The maximum Gasteiger partial charge on any atom is 0.224 e. The number of hydrogen-bond donors (Lipinski definition) is 0. The zero-order valence-electron chi connectivity index (χ0n) is 34.5. The molecule has 53 heavy (non-hydrogen) atoms. The molecule has 0 aromatic heterocycles. The molecule has 6 heteroatoms. The number of aryl methyl sites for hydroxylation is 4. The van der Waals surface area contributed by atoms with Crippen molar-refractivity contribution in [3.63, 3.8) is 0 Å². The molecule has 290 valence electrons. The molecule has 0 amide bonds. The van der Waals surface area contributed by atoms with E-state index in [0.29, 0.717) is 15.6 Å². The summed E-state index contributed by atoms with van der Waals surface area (Å²) in [6.07, 6.45) is 19.0. The van der Waals surface area contributed by atoms with Crippen molar-refractivity contribution in [3.05, 3.63) is 119 Å². The van der Waals surface area contributed by atoms with Crippen LogP contribution in [-0.4, -0.2) is 50.7 Å². The molecule has 2 atom stereocenters. The van der Waals surface area contributed by atoms with Crippen molar-refractivity contribution >= 4 is 55.1 Å². The van der Waals surface area contributed by atoms with Gasteiger partial charge in [0, 0.05) is 5.33 Å². The second kappa shape index (κ2) is 30.3. The van der Waals surface area contributed by atoms with Gasteiger partial charge in [0.2, 0.25) is 5.87 Å². The molecule has 4 aromatic rings. The highest BCUT2D eigenvalue weighted by Gasteiger charge is 2.18. The lowest BCUT2D eigenvalue weighted by molar-refractivity contribution is 0.717. The average molecular weight is 852 g/mol. The average Bonchev–Trinajstić information content (AvgIpc) is 3.17. The highest BCUT2D eigenvalue weighted by atomic mass is 79.9. The van der Waals surface area contributed by atoms with Gasteiger partial charge in [-0.05, 0) is 115 Å². The fourth-order valence-corrected chi connectivity index (χ4v) is 15.0. The minimum absolute atomic E-state index is 0.338. The van der Waals surface area contributed by atoms with Crippen molar-refractivity contribution in [1.82, 2.24) is 0 Å². The summed E-state index contributed by atoms with van der Waals surface area (Å²) in [5, 5.41) is 1.11. The van der Waals surface area contributed by atoms with Gasteiger partial charge in [0.15, 0.2) is 0 Å². The Hall–Kier alpha value is -0.855. The molecule has 0 aliphatic rings. The van der Waals surface area contributed by atoms with Crippen molar-refractivity contribution in [2.45, 2.75) is 104 Å². The summed E-state index contributed by atoms with van der Waals surface area (Å²) in [5.41, 5.74) is 11.1. The van der Waals surface area contributed by atoms with Crippen molar-refractivity contribution in [1.29, 1.82) is 0 Å². The van der Waals surface area contributed by atoms with Gasteiger partial charge in [-0.1, -0.05) is 186 Å². The first-order chi connectivity index (χ1) is 25.8.